The molecule has 1 aromatic heterocycles. The molecule has 0 aliphatic carbocycles. The van der Waals surface area contributed by atoms with Gasteiger partial charge in [-0.15, -0.1) is 0 Å². The molecule has 21 heavy (non-hydrogen) atoms. The molecule has 6 heteroatoms. The number of anilines is 1. The fourth-order valence-electron chi connectivity index (χ4n) is 3.11. The van der Waals surface area contributed by atoms with Crippen LogP contribution in [0, 0.1) is 12.8 Å². The van der Waals surface area contributed by atoms with E-state index in [0.29, 0.717) is 5.92 Å². The van der Waals surface area contributed by atoms with Crippen molar-refractivity contribution in [3.63, 3.8) is 0 Å². The van der Waals surface area contributed by atoms with Gasteiger partial charge in [0.15, 0.2) is 0 Å². The molecule has 1 fully saturated rings. The Balaban J connectivity index is 2.19. The molecular weight excluding hydrogens is 268 g/mol. The number of hydrogen-bond acceptors (Lipinski definition) is 4. The van der Waals surface area contributed by atoms with Gasteiger partial charge in [0, 0.05) is 38.8 Å². The van der Waals surface area contributed by atoms with Crippen LogP contribution in [-0.2, 0) is 11.8 Å². The first-order valence-electron chi connectivity index (χ1n) is 7.22. The van der Waals surface area contributed by atoms with E-state index in [1.165, 1.54) is 12.5 Å². The van der Waals surface area contributed by atoms with Gasteiger partial charge in [-0.05, 0) is 38.9 Å². The van der Waals surface area contributed by atoms with E-state index in [4.69, 9.17) is 5.11 Å². The predicted molar refractivity (Wildman–Crippen MR) is 83.5 cm³/mol. The highest BCUT2D eigenvalue weighted by atomic mass is 16.4. The van der Waals surface area contributed by atoms with Gasteiger partial charge in [0.2, 0.25) is 0 Å². The number of aromatic nitrogens is 2. The Bertz CT molecular complexity index is 550. The number of rotatable bonds is 5. The van der Waals surface area contributed by atoms with E-state index in [1.54, 1.807) is 6.08 Å². The summed E-state index contributed by atoms with van der Waals surface area (Å²) in [4.78, 5) is 15.3. The smallest absolute Gasteiger partial charge is 0.328 e. The van der Waals surface area contributed by atoms with Crippen LogP contribution < -0.4 is 4.90 Å². The normalized spacial score (nSPS) is 19.5. The van der Waals surface area contributed by atoms with Crippen LogP contribution in [0.1, 0.15) is 17.7 Å². The molecule has 0 bridgehead atoms. The summed E-state index contributed by atoms with van der Waals surface area (Å²) >= 11 is 0. The maximum absolute atomic E-state index is 10.8. The van der Waals surface area contributed by atoms with Gasteiger partial charge in [0.1, 0.15) is 5.82 Å². The van der Waals surface area contributed by atoms with Crippen molar-refractivity contribution >= 4 is 17.9 Å². The van der Waals surface area contributed by atoms with Crippen molar-refractivity contribution in [2.24, 2.45) is 13.0 Å². The molecule has 0 amide bonds. The Morgan fingerprint density at radius 3 is 2.81 bits per heavy atom. The second-order valence-corrected chi connectivity index (χ2v) is 5.92. The second-order valence-electron chi connectivity index (χ2n) is 5.92. The highest BCUT2D eigenvalue weighted by molar-refractivity contribution is 5.87. The molecule has 0 saturated carbocycles. The van der Waals surface area contributed by atoms with Crippen molar-refractivity contribution in [2.75, 3.05) is 38.6 Å². The van der Waals surface area contributed by atoms with Gasteiger partial charge < -0.3 is 14.9 Å². The highest BCUT2D eigenvalue weighted by Gasteiger charge is 2.23. The van der Waals surface area contributed by atoms with E-state index in [1.807, 2.05) is 25.7 Å². The number of aliphatic carboxylic acids is 1. The molecule has 1 aromatic rings. The number of carbonyl (C=O) groups is 1. The van der Waals surface area contributed by atoms with Gasteiger partial charge in [-0.1, -0.05) is 0 Å². The standard InChI is InChI=1S/C15H24N4O2/c1-11-13(5-6-14(20)21)15(19(4)16-11)18(3)10-12-7-8-17(2)9-12/h5-6,12H,7-10H2,1-4H3,(H,20,21). The number of likely N-dealkylation sites (tertiary alicyclic amines) is 1. The Morgan fingerprint density at radius 1 is 1.52 bits per heavy atom. The lowest BCUT2D eigenvalue weighted by Crippen LogP contribution is -2.29. The molecule has 0 radical (unpaired) electrons. The Hall–Kier alpha value is -1.82. The van der Waals surface area contributed by atoms with Crippen molar-refractivity contribution in [3.8, 4) is 0 Å². The molecule has 2 rings (SSSR count). The number of nitrogens with zero attached hydrogens (tertiary/aromatic N) is 4. The summed E-state index contributed by atoms with van der Waals surface area (Å²) in [6.07, 6.45) is 4.01. The fraction of sp³-hybridized carbons (Fsp3) is 0.600. The molecule has 0 spiro atoms. The van der Waals surface area contributed by atoms with E-state index in [-0.39, 0.29) is 0 Å². The first-order valence-corrected chi connectivity index (χ1v) is 7.22. The van der Waals surface area contributed by atoms with Crippen LogP contribution in [0.4, 0.5) is 5.82 Å². The van der Waals surface area contributed by atoms with E-state index < -0.39 is 5.97 Å². The van der Waals surface area contributed by atoms with Crippen molar-refractivity contribution in [1.82, 2.24) is 14.7 Å². The van der Waals surface area contributed by atoms with Crippen LogP contribution in [0.3, 0.4) is 0 Å². The third-order valence-electron chi connectivity index (χ3n) is 4.01. The molecule has 1 saturated heterocycles. The zero-order valence-corrected chi connectivity index (χ0v) is 13.2. The van der Waals surface area contributed by atoms with Gasteiger partial charge in [-0.3, -0.25) is 4.68 Å². The van der Waals surface area contributed by atoms with E-state index in [0.717, 1.165) is 36.7 Å². The van der Waals surface area contributed by atoms with Crippen molar-refractivity contribution in [3.05, 3.63) is 17.3 Å². The number of carboxylic acids is 1. The molecule has 1 aliphatic heterocycles. The lowest BCUT2D eigenvalue weighted by atomic mass is 10.1. The minimum atomic E-state index is -0.940. The Morgan fingerprint density at radius 2 is 2.24 bits per heavy atom. The Labute approximate surface area is 125 Å². The van der Waals surface area contributed by atoms with Crippen molar-refractivity contribution in [1.29, 1.82) is 0 Å². The predicted octanol–water partition coefficient (Wildman–Crippen LogP) is 1.21. The summed E-state index contributed by atoms with van der Waals surface area (Å²) in [5.74, 6) is 0.676. The third kappa shape index (κ3) is 3.64. The molecule has 2 heterocycles. The number of carboxylic acid groups (broad SMARTS) is 1. The topological polar surface area (TPSA) is 61.6 Å². The number of hydrogen-bond donors (Lipinski definition) is 1. The van der Waals surface area contributed by atoms with E-state index in [2.05, 4.69) is 21.9 Å². The van der Waals surface area contributed by atoms with Crippen LogP contribution in [0.2, 0.25) is 0 Å². The maximum atomic E-state index is 10.8. The SMILES string of the molecule is Cc1nn(C)c(N(C)CC2CCN(C)C2)c1C=CC(=O)O. The molecule has 0 aromatic carbocycles. The van der Waals surface area contributed by atoms with Crippen LogP contribution in [0.25, 0.3) is 6.08 Å². The first kappa shape index (κ1) is 15.6. The van der Waals surface area contributed by atoms with Gasteiger partial charge in [0.25, 0.3) is 0 Å². The van der Waals surface area contributed by atoms with Crippen LogP contribution in [-0.4, -0.2) is 59.5 Å². The molecule has 116 valence electrons. The zero-order valence-electron chi connectivity index (χ0n) is 13.2. The van der Waals surface area contributed by atoms with Crippen LogP contribution in [0.5, 0.6) is 0 Å². The molecule has 1 unspecified atom stereocenters. The summed E-state index contributed by atoms with van der Waals surface area (Å²) in [7, 11) is 6.10. The average Bonchev–Trinajstić information content (AvgIpc) is 2.90. The third-order valence-corrected chi connectivity index (χ3v) is 4.01. The molecular formula is C15H24N4O2. The van der Waals surface area contributed by atoms with Crippen LogP contribution in [0.15, 0.2) is 6.08 Å². The fourth-order valence-corrected chi connectivity index (χ4v) is 3.11. The highest BCUT2D eigenvalue weighted by Crippen LogP contribution is 2.26. The minimum Gasteiger partial charge on any atom is -0.478 e. The van der Waals surface area contributed by atoms with Gasteiger partial charge in [-0.2, -0.15) is 5.10 Å². The van der Waals surface area contributed by atoms with E-state index >= 15 is 0 Å². The molecule has 1 aliphatic rings. The summed E-state index contributed by atoms with van der Waals surface area (Å²) in [5.41, 5.74) is 1.73. The summed E-state index contributed by atoms with van der Waals surface area (Å²) in [6.45, 7) is 5.12. The summed E-state index contributed by atoms with van der Waals surface area (Å²) < 4.78 is 1.83. The Kier molecular flexibility index (Phi) is 4.67. The molecule has 6 nitrogen and oxygen atoms in total. The second kappa shape index (κ2) is 6.30. The van der Waals surface area contributed by atoms with Gasteiger partial charge >= 0.3 is 5.97 Å². The quantitative estimate of drug-likeness (QED) is 0.827. The largest absolute Gasteiger partial charge is 0.478 e. The van der Waals surface area contributed by atoms with E-state index in [9.17, 15) is 4.79 Å². The minimum absolute atomic E-state index is 0.645. The van der Waals surface area contributed by atoms with Gasteiger partial charge in [-0.25, -0.2) is 4.79 Å². The number of aryl methyl sites for hydroxylation is 2. The van der Waals surface area contributed by atoms with Crippen LogP contribution >= 0.6 is 0 Å². The lowest BCUT2D eigenvalue weighted by Gasteiger charge is -2.24. The maximum Gasteiger partial charge on any atom is 0.328 e. The summed E-state index contributed by atoms with van der Waals surface area (Å²) in [6, 6.07) is 0. The molecule has 1 atom stereocenters. The summed E-state index contributed by atoms with van der Waals surface area (Å²) in [5, 5.41) is 13.2. The van der Waals surface area contributed by atoms with Gasteiger partial charge in [0.05, 0.1) is 5.69 Å². The first-order chi connectivity index (χ1) is 9.88. The van der Waals surface area contributed by atoms with Crippen molar-refractivity contribution in [2.45, 2.75) is 13.3 Å². The average molecular weight is 292 g/mol. The van der Waals surface area contributed by atoms with Crippen molar-refractivity contribution < 1.29 is 9.90 Å². The zero-order chi connectivity index (χ0) is 15.6. The lowest BCUT2D eigenvalue weighted by molar-refractivity contribution is -0.131. The molecule has 1 N–H and O–H groups in total. The monoisotopic (exact) mass is 292 g/mol.